The third-order valence-corrected chi connectivity index (χ3v) is 5.83. The Hall–Kier alpha value is -0.820. The summed E-state index contributed by atoms with van der Waals surface area (Å²) < 4.78 is 0.827. The van der Waals surface area contributed by atoms with Gasteiger partial charge in [-0.3, -0.25) is 4.79 Å². The van der Waals surface area contributed by atoms with Gasteiger partial charge in [0, 0.05) is 13.1 Å². The van der Waals surface area contributed by atoms with E-state index in [4.69, 9.17) is 0 Å². The summed E-state index contributed by atoms with van der Waals surface area (Å²) in [6.07, 6.45) is 4.83. The molecule has 112 valence electrons. The molecule has 0 spiro atoms. The molecule has 1 aromatic rings. The molecule has 5 nitrogen and oxygen atoms in total. The van der Waals surface area contributed by atoms with E-state index < -0.39 is 0 Å². The minimum atomic E-state index is -0.137. The van der Waals surface area contributed by atoms with Crippen molar-refractivity contribution >= 4 is 34.1 Å². The molecule has 1 aliphatic carbocycles. The fourth-order valence-electron chi connectivity index (χ4n) is 2.39. The molecular formula is C13H22N4OS2. The number of nitrogens with zero attached hydrogens (tertiary/aromatic N) is 2. The Balaban J connectivity index is 1.85. The van der Waals surface area contributed by atoms with Gasteiger partial charge in [0.1, 0.15) is 0 Å². The molecule has 1 fully saturated rings. The van der Waals surface area contributed by atoms with Crippen molar-refractivity contribution in [3.8, 4) is 0 Å². The van der Waals surface area contributed by atoms with Gasteiger partial charge in [0.25, 0.3) is 0 Å². The minimum absolute atomic E-state index is 0.106. The Bertz CT molecular complexity index is 451. The number of rotatable bonds is 5. The number of hydrogen-bond acceptors (Lipinski definition) is 6. The number of amides is 1. The van der Waals surface area contributed by atoms with Crippen LogP contribution in [0.4, 0.5) is 5.13 Å². The summed E-state index contributed by atoms with van der Waals surface area (Å²) in [4.78, 5) is 12.2. The van der Waals surface area contributed by atoms with Crippen molar-refractivity contribution in [2.75, 3.05) is 12.4 Å². The molecule has 20 heavy (non-hydrogen) atoms. The minimum Gasteiger partial charge on any atom is -0.363 e. The van der Waals surface area contributed by atoms with Crippen LogP contribution in [-0.4, -0.2) is 34.4 Å². The summed E-state index contributed by atoms with van der Waals surface area (Å²) in [7, 11) is 1.82. The van der Waals surface area contributed by atoms with E-state index in [1.807, 2.05) is 14.0 Å². The van der Waals surface area contributed by atoms with Gasteiger partial charge in [-0.2, -0.15) is 0 Å². The molecule has 1 aromatic heterocycles. The van der Waals surface area contributed by atoms with Crippen molar-refractivity contribution in [1.82, 2.24) is 15.5 Å². The molecule has 7 heteroatoms. The van der Waals surface area contributed by atoms with E-state index in [2.05, 4.69) is 27.8 Å². The first-order chi connectivity index (χ1) is 9.60. The van der Waals surface area contributed by atoms with Gasteiger partial charge in [0.05, 0.1) is 5.25 Å². The second-order valence-corrected chi connectivity index (χ2v) is 7.83. The molecule has 0 aromatic carbocycles. The molecule has 2 N–H and O–H groups in total. The van der Waals surface area contributed by atoms with Crippen molar-refractivity contribution in [1.29, 1.82) is 0 Å². The molecule has 1 heterocycles. The zero-order valence-corrected chi connectivity index (χ0v) is 13.8. The van der Waals surface area contributed by atoms with Gasteiger partial charge < -0.3 is 10.6 Å². The highest BCUT2D eigenvalue weighted by Gasteiger charge is 2.25. The average Bonchev–Trinajstić information content (AvgIpc) is 2.89. The van der Waals surface area contributed by atoms with Crippen LogP contribution in [0.3, 0.4) is 0 Å². The van der Waals surface area contributed by atoms with Gasteiger partial charge in [0.15, 0.2) is 4.34 Å². The topological polar surface area (TPSA) is 66.9 Å². The van der Waals surface area contributed by atoms with E-state index in [9.17, 15) is 4.79 Å². The van der Waals surface area contributed by atoms with E-state index in [0.717, 1.165) is 15.9 Å². The van der Waals surface area contributed by atoms with E-state index >= 15 is 0 Å². The molecule has 0 radical (unpaired) electrons. The summed E-state index contributed by atoms with van der Waals surface area (Å²) in [5, 5.41) is 14.8. The molecule has 1 aliphatic rings. The second-order valence-electron chi connectivity index (χ2n) is 5.26. The maximum atomic E-state index is 12.2. The van der Waals surface area contributed by atoms with Crippen molar-refractivity contribution in [3.63, 3.8) is 0 Å². The van der Waals surface area contributed by atoms with Gasteiger partial charge in [-0.05, 0) is 25.7 Å². The van der Waals surface area contributed by atoms with Gasteiger partial charge in [-0.15, -0.1) is 10.2 Å². The van der Waals surface area contributed by atoms with Crippen LogP contribution in [0.5, 0.6) is 0 Å². The van der Waals surface area contributed by atoms with E-state index in [1.54, 1.807) is 0 Å². The lowest BCUT2D eigenvalue weighted by Gasteiger charge is -2.30. The highest BCUT2D eigenvalue weighted by atomic mass is 32.2. The molecule has 3 atom stereocenters. The van der Waals surface area contributed by atoms with Gasteiger partial charge >= 0.3 is 0 Å². The predicted octanol–water partition coefficient (Wildman–Crippen LogP) is 2.76. The Labute approximate surface area is 128 Å². The van der Waals surface area contributed by atoms with Crippen molar-refractivity contribution in [3.05, 3.63) is 0 Å². The molecule has 2 rings (SSSR count). The number of carbonyl (C=O) groups is 1. The average molecular weight is 314 g/mol. The second kappa shape index (κ2) is 7.26. The van der Waals surface area contributed by atoms with Crippen LogP contribution < -0.4 is 10.6 Å². The lowest BCUT2D eigenvalue weighted by atomic mass is 9.86. The van der Waals surface area contributed by atoms with Gasteiger partial charge in [0.2, 0.25) is 11.0 Å². The summed E-state index contributed by atoms with van der Waals surface area (Å²) in [6.45, 7) is 4.15. The Morgan fingerprint density at radius 1 is 1.40 bits per heavy atom. The third kappa shape index (κ3) is 4.09. The Morgan fingerprint density at radius 2 is 2.15 bits per heavy atom. The van der Waals surface area contributed by atoms with Crippen molar-refractivity contribution in [2.24, 2.45) is 5.92 Å². The van der Waals surface area contributed by atoms with E-state index in [-0.39, 0.29) is 11.2 Å². The number of thioether (sulfide) groups is 1. The molecule has 0 aliphatic heterocycles. The van der Waals surface area contributed by atoms with Crippen LogP contribution in [0.2, 0.25) is 0 Å². The number of nitrogens with one attached hydrogen (secondary N) is 2. The number of anilines is 1. The lowest BCUT2D eigenvalue weighted by molar-refractivity contribution is -0.121. The molecule has 1 amide bonds. The summed E-state index contributed by atoms with van der Waals surface area (Å²) >= 11 is 2.95. The van der Waals surface area contributed by atoms with Gasteiger partial charge in [-0.1, -0.05) is 42.9 Å². The predicted molar refractivity (Wildman–Crippen MR) is 84.3 cm³/mol. The van der Waals surface area contributed by atoms with Crippen LogP contribution in [0.15, 0.2) is 4.34 Å². The smallest absolute Gasteiger partial charge is 0.233 e. The van der Waals surface area contributed by atoms with Crippen LogP contribution in [-0.2, 0) is 4.79 Å². The van der Waals surface area contributed by atoms with Crippen LogP contribution >= 0.6 is 23.1 Å². The molecule has 0 unspecified atom stereocenters. The first-order valence-electron chi connectivity index (χ1n) is 7.08. The number of aromatic nitrogens is 2. The van der Waals surface area contributed by atoms with Crippen LogP contribution in [0.25, 0.3) is 0 Å². The standard InChI is InChI=1S/C13H22N4OS2/c1-8-6-4-5-7-10(8)15-11(18)9(2)19-13-17-16-12(14-3)20-13/h8-10H,4-7H2,1-3H3,(H,14,16)(H,15,18)/t8-,9-,10+/m1/s1. The number of carbonyl (C=O) groups excluding carboxylic acids is 1. The molecular weight excluding hydrogens is 292 g/mol. The zero-order chi connectivity index (χ0) is 14.5. The summed E-state index contributed by atoms with van der Waals surface area (Å²) in [5.74, 6) is 0.692. The highest BCUT2D eigenvalue weighted by Crippen LogP contribution is 2.29. The quantitative estimate of drug-likeness (QED) is 0.818. The van der Waals surface area contributed by atoms with Crippen LogP contribution in [0, 0.1) is 5.92 Å². The Morgan fingerprint density at radius 3 is 2.80 bits per heavy atom. The molecule has 1 saturated carbocycles. The highest BCUT2D eigenvalue weighted by molar-refractivity contribution is 8.02. The monoisotopic (exact) mass is 314 g/mol. The van der Waals surface area contributed by atoms with Crippen molar-refractivity contribution < 1.29 is 4.79 Å². The first kappa shape index (κ1) is 15.6. The van der Waals surface area contributed by atoms with Gasteiger partial charge in [-0.25, -0.2) is 0 Å². The molecule has 0 saturated heterocycles. The van der Waals surface area contributed by atoms with Crippen molar-refractivity contribution in [2.45, 2.75) is 55.2 Å². The first-order valence-corrected chi connectivity index (χ1v) is 8.78. The maximum Gasteiger partial charge on any atom is 0.233 e. The van der Waals surface area contributed by atoms with Crippen LogP contribution in [0.1, 0.15) is 39.5 Å². The maximum absolute atomic E-state index is 12.2. The number of hydrogen-bond donors (Lipinski definition) is 2. The van der Waals surface area contributed by atoms with E-state index in [1.165, 1.54) is 42.4 Å². The summed E-state index contributed by atoms with van der Waals surface area (Å²) in [5.41, 5.74) is 0. The van der Waals surface area contributed by atoms with E-state index in [0.29, 0.717) is 12.0 Å². The summed E-state index contributed by atoms with van der Waals surface area (Å²) in [6, 6.07) is 0.335. The zero-order valence-electron chi connectivity index (χ0n) is 12.2. The fourth-order valence-corrected chi connectivity index (χ4v) is 4.25. The normalized spacial score (nSPS) is 24.1. The fraction of sp³-hybridized carbons (Fsp3) is 0.769. The SMILES string of the molecule is CNc1nnc(S[C@H](C)C(=O)N[C@H]2CCCC[C@H]2C)s1. The lowest BCUT2D eigenvalue weighted by Crippen LogP contribution is -2.44. The Kier molecular flexibility index (Phi) is 5.65. The molecule has 0 bridgehead atoms. The largest absolute Gasteiger partial charge is 0.363 e. The third-order valence-electron chi connectivity index (χ3n) is 3.71.